The molecule has 0 bridgehead atoms. The Bertz CT molecular complexity index is 222. The molecule has 0 aliphatic carbocycles. The van der Waals surface area contributed by atoms with Gasteiger partial charge in [0.1, 0.15) is 5.78 Å². The van der Waals surface area contributed by atoms with Crippen LogP contribution in [0.25, 0.3) is 0 Å². The molecular weight excluding hydrogens is 196 g/mol. The molecule has 0 aromatic carbocycles. The number of carbonyl (C=O) groups excluding carboxylic acids is 1. The maximum absolute atomic E-state index is 11.6. The second-order valence-corrected chi connectivity index (χ2v) is 5.64. The Hall–Kier alpha value is -0.590. The number of allylic oxidation sites excluding steroid dienone is 2. The van der Waals surface area contributed by atoms with Crippen LogP contribution in [0.4, 0.5) is 0 Å². The summed E-state index contributed by atoms with van der Waals surface area (Å²) < 4.78 is 0. The van der Waals surface area contributed by atoms with Gasteiger partial charge in [-0.15, -0.1) is 0 Å². The first-order valence-electron chi connectivity index (χ1n) is 6.56. The topological polar surface area (TPSA) is 17.1 Å². The Labute approximate surface area is 101 Å². The van der Waals surface area contributed by atoms with Crippen molar-refractivity contribution in [3.8, 4) is 0 Å². The van der Waals surface area contributed by atoms with Gasteiger partial charge in [0.2, 0.25) is 0 Å². The fraction of sp³-hybridized carbons (Fsp3) is 0.800. The van der Waals surface area contributed by atoms with Gasteiger partial charge in [0.15, 0.2) is 0 Å². The minimum atomic E-state index is 0.443. The van der Waals surface area contributed by atoms with E-state index in [-0.39, 0.29) is 0 Å². The average Bonchev–Trinajstić information content (AvgIpc) is 2.14. The van der Waals surface area contributed by atoms with Gasteiger partial charge >= 0.3 is 0 Å². The van der Waals surface area contributed by atoms with Gasteiger partial charge in [-0.05, 0) is 44.9 Å². The Balaban J connectivity index is 3.66. The summed E-state index contributed by atoms with van der Waals surface area (Å²) in [5.41, 5.74) is 1.37. The van der Waals surface area contributed by atoms with Gasteiger partial charge in [0.05, 0.1) is 0 Å². The van der Waals surface area contributed by atoms with Crippen LogP contribution in [0.1, 0.15) is 66.7 Å². The molecule has 1 atom stereocenters. The molecule has 0 saturated carbocycles. The number of hydrogen-bond donors (Lipinski definition) is 0. The van der Waals surface area contributed by atoms with E-state index in [2.05, 4.69) is 40.7 Å². The minimum absolute atomic E-state index is 0.443. The lowest BCUT2D eigenvalue weighted by atomic mass is 9.95. The van der Waals surface area contributed by atoms with Crippen LogP contribution in [0.2, 0.25) is 0 Å². The van der Waals surface area contributed by atoms with E-state index in [1.807, 2.05) is 0 Å². The van der Waals surface area contributed by atoms with Crippen molar-refractivity contribution in [3.63, 3.8) is 0 Å². The van der Waals surface area contributed by atoms with Crippen LogP contribution in [0.3, 0.4) is 0 Å². The van der Waals surface area contributed by atoms with Crippen molar-refractivity contribution >= 4 is 5.78 Å². The van der Waals surface area contributed by atoms with E-state index in [0.29, 0.717) is 17.6 Å². The first-order valence-corrected chi connectivity index (χ1v) is 6.56. The predicted octanol–water partition coefficient (Wildman–Crippen LogP) is 4.76. The molecule has 16 heavy (non-hydrogen) atoms. The molecule has 0 unspecified atom stereocenters. The smallest absolute Gasteiger partial charge is 0.133 e. The summed E-state index contributed by atoms with van der Waals surface area (Å²) in [6.45, 7) is 10.8. The second kappa shape index (κ2) is 8.55. The van der Waals surface area contributed by atoms with Crippen molar-refractivity contribution < 1.29 is 4.79 Å². The van der Waals surface area contributed by atoms with Crippen molar-refractivity contribution in [3.05, 3.63) is 11.6 Å². The van der Waals surface area contributed by atoms with Crippen molar-refractivity contribution in [2.24, 2.45) is 11.8 Å². The van der Waals surface area contributed by atoms with E-state index in [9.17, 15) is 4.79 Å². The highest BCUT2D eigenvalue weighted by Gasteiger charge is 2.09. The molecule has 0 saturated heterocycles. The molecule has 0 N–H and O–H groups in total. The predicted molar refractivity (Wildman–Crippen MR) is 71.5 cm³/mol. The van der Waals surface area contributed by atoms with Crippen LogP contribution in [0.5, 0.6) is 0 Å². The highest BCUT2D eigenvalue weighted by molar-refractivity contribution is 5.78. The summed E-state index contributed by atoms with van der Waals surface area (Å²) in [5, 5.41) is 0. The molecule has 0 aliphatic heterocycles. The molecule has 0 aromatic rings. The van der Waals surface area contributed by atoms with Crippen molar-refractivity contribution in [1.82, 2.24) is 0 Å². The van der Waals surface area contributed by atoms with E-state index in [0.717, 1.165) is 32.1 Å². The normalized spacial score (nSPS) is 12.6. The molecule has 0 radical (unpaired) electrons. The van der Waals surface area contributed by atoms with E-state index < -0.39 is 0 Å². The van der Waals surface area contributed by atoms with Crippen LogP contribution < -0.4 is 0 Å². The fourth-order valence-electron chi connectivity index (χ4n) is 1.70. The highest BCUT2D eigenvalue weighted by Crippen LogP contribution is 2.15. The zero-order valence-corrected chi connectivity index (χ0v) is 11.7. The third kappa shape index (κ3) is 9.95. The second-order valence-electron chi connectivity index (χ2n) is 5.64. The Morgan fingerprint density at radius 1 is 1.12 bits per heavy atom. The summed E-state index contributed by atoms with van der Waals surface area (Å²) in [4.78, 5) is 11.6. The molecule has 0 aromatic heterocycles. The van der Waals surface area contributed by atoms with Crippen molar-refractivity contribution in [1.29, 1.82) is 0 Å². The van der Waals surface area contributed by atoms with Crippen molar-refractivity contribution in [2.45, 2.75) is 66.7 Å². The lowest BCUT2D eigenvalue weighted by Crippen LogP contribution is -2.06. The van der Waals surface area contributed by atoms with Crippen LogP contribution in [0.15, 0.2) is 11.6 Å². The molecule has 0 spiro atoms. The summed E-state index contributed by atoms with van der Waals surface area (Å²) in [6.07, 6.45) is 7.09. The van der Waals surface area contributed by atoms with Crippen LogP contribution in [-0.2, 0) is 4.79 Å². The number of hydrogen-bond acceptors (Lipinski definition) is 1. The van der Waals surface area contributed by atoms with Crippen LogP contribution >= 0.6 is 0 Å². The van der Waals surface area contributed by atoms with E-state index in [4.69, 9.17) is 0 Å². The Morgan fingerprint density at radius 2 is 1.75 bits per heavy atom. The summed E-state index contributed by atoms with van der Waals surface area (Å²) in [6, 6.07) is 0. The third-order valence-corrected chi connectivity index (χ3v) is 2.79. The van der Waals surface area contributed by atoms with E-state index in [1.165, 1.54) is 5.57 Å². The first-order chi connectivity index (χ1) is 7.41. The molecule has 0 amide bonds. The Morgan fingerprint density at radius 3 is 2.25 bits per heavy atom. The highest BCUT2D eigenvalue weighted by atomic mass is 16.1. The maximum atomic E-state index is 11.6. The lowest BCUT2D eigenvalue weighted by molar-refractivity contribution is -0.120. The lowest BCUT2D eigenvalue weighted by Gasteiger charge is -2.10. The van der Waals surface area contributed by atoms with Gasteiger partial charge in [-0.1, -0.05) is 32.4 Å². The van der Waals surface area contributed by atoms with E-state index >= 15 is 0 Å². The van der Waals surface area contributed by atoms with Gasteiger partial charge < -0.3 is 0 Å². The molecule has 0 heterocycles. The fourth-order valence-corrected chi connectivity index (χ4v) is 1.70. The van der Waals surface area contributed by atoms with Gasteiger partial charge in [-0.25, -0.2) is 0 Å². The summed E-state index contributed by atoms with van der Waals surface area (Å²) >= 11 is 0. The maximum Gasteiger partial charge on any atom is 0.133 e. The molecule has 0 rings (SSSR count). The average molecular weight is 224 g/mol. The monoisotopic (exact) mass is 224 g/mol. The van der Waals surface area contributed by atoms with Crippen molar-refractivity contribution in [2.75, 3.05) is 0 Å². The molecule has 0 aliphatic rings. The summed E-state index contributed by atoms with van der Waals surface area (Å²) in [5.74, 6) is 1.62. The van der Waals surface area contributed by atoms with E-state index in [1.54, 1.807) is 0 Å². The summed E-state index contributed by atoms with van der Waals surface area (Å²) in [7, 11) is 0. The Kier molecular flexibility index (Phi) is 8.23. The molecule has 1 nitrogen and oxygen atoms in total. The number of carbonyl (C=O) groups is 1. The molecule has 0 fully saturated rings. The number of ketones is 1. The van der Waals surface area contributed by atoms with Gasteiger partial charge in [0, 0.05) is 12.8 Å². The SMILES string of the molecule is CC(C)=CCC[C@@H](C)CC(=O)CCC(C)C. The number of Topliss-reactive ketones (excluding diaryl/α,β-unsaturated/α-hetero) is 1. The van der Waals surface area contributed by atoms with Gasteiger partial charge in [-0.3, -0.25) is 4.79 Å². The largest absolute Gasteiger partial charge is 0.300 e. The molecular formula is C15H28O. The van der Waals surface area contributed by atoms with Crippen LogP contribution in [-0.4, -0.2) is 5.78 Å². The zero-order valence-electron chi connectivity index (χ0n) is 11.7. The molecule has 94 valence electrons. The van der Waals surface area contributed by atoms with Crippen LogP contribution in [0, 0.1) is 11.8 Å². The van der Waals surface area contributed by atoms with Gasteiger partial charge in [-0.2, -0.15) is 0 Å². The zero-order chi connectivity index (χ0) is 12.6. The quantitative estimate of drug-likeness (QED) is 0.543. The minimum Gasteiger partial charge on any atom is -0.300 e. The molecule has 1 heteroatoms. The standard InChI is InChI=1S/C15H28O/c1-12(2)7-6-8-14(5)11-15(16)10-9-13(3)4/h7,13-14H,6,8-11H2,1-5H3/t14-/m1/s1. The number of rotatable bonds is 8. The first kappa shape index (κ1) is 15.4. The van der Waals surface area contributed by atoms with Gasteiger partial charge in [0.25, 0.3) is 0 Å². The third-order valence-electron chi connectivity index (χ3n) is 2.79.